The first-order valence-corrected chi connectivity index (χ1v) is 28.3. The van der Waals surface area contributed by atoms with Crippen molar-refractivity contribution < 1.29 is 37.4 Å². The van der Waals surface area contributed by atoms with Gasteiger partial charge in [0.2, 0.25) is 35.5 Å². The number of aliphatic hydroxyl groups is 1. The van der Waals surface area contributed by atoms with Crippen LogP contribution < -0.4 is 30.9 Å². The highest BCUT2D eigenvalue weighted by atomic mass is 32.2. The van der Waals surface area contributed by atoms with Crippen LogP contribution in [0.1, 0.15) is 78.0 Å². The lowest BCUT2D eigenvalue weighted by Crippen LogP contribution is -2.57. The molecule has 3 atom stereocenters. The molecule has 20 nitrogen and oxygen atoms in total. The van der Waals surface area contributed by atoms with Crippen LogP contribution in [-0.4, -0.2) is 154 Å². The number of anilines is 5. The van der Waals surface area contributed by atoms with E-state index in [1.54, 1.807) is 56.6 Å². The molecule has 3 saturated heterocycles. The molecule has 0 bridgehead atoms. The number of hydrogen-bond acceptors (Lipinski definition) is 17. The first-order chi connectivity index (χ1) is 36.3. The molecular formula is C54H70N12O8S2. The maximum absolute atomic E-state index is 14.2. The quantitative estimate of drug-likeness (QED) is 0.0708. The number of piperazine rings is 1. The minimum Gasteiger partial charge on any atom is -0.494 e. The zero-order valence-corrected chi connectivity index (χ0v) is 45.9. The third-order valence-electron chi connectivity index (χ3n) is 14.4. The highest BCUT2D eigenvalue weighted by Crippen LogP contribution is 2.35. The number of hydrogen-bond donors (Lipinski definition) is 5. The molecule has 406 valence electrons. The molecule has 0 spiro atoms. The summed E-state index contributed by atoms with van der Waals surface area (Å²) in [5.41, 5.74) is 5.99. The van der Waals surface area contributed by atoms with Gasteiger partial charge in [0.15, 0.2) is 9.84 Å². The predicted octanol–water partition coefficient (Wildman–Crippen LogP) is 5.68. The second kappa shape index (κ2) is 24.1. The second-order valence-corrected chi connectivity index (χ2v) is 24.3. The molecule has 0 aliphatic carbocycles. The van der Waals surface area contributed by atoms with Gasteiger partial charge in [-0.15, -0.1) is 11.3 Å². The molecule has 5 heterocycles. The van der Waals surface area contributed by atoms with Crippen molar-refractivity contribution in [3.05, 3.63) is 89.8 Å². The van der Waals surface area contributed by atoms with E-state index >= 15 is 0 Å². The topological polar surface area (TPSA) is 245 Å². The number of aryl methyl sites for hydroxylation is 1. The minimum atomic E-state index is -3.56. The monoisotopic (exact) mass is 1080 g/mol. The zero-order chi connectivity index (χ0) is 54.3. The van der Waals surface area contributed by atoms with Crippen molar-refractivity contribution in [2.24, 2.45) is 5.41 Å². The maximum atomic E-state index is 14.2. The molecule has 3 aliphatic heterocycles. The number of sulfone groups is 1. The maximum Gasteiger partial charge on any atom is 0.246 e. The predicted molar refractivity (Wildman–Crippen MR) is 292 cm³/mol. The summed E-state index contributed by atoms with van der Waals surface area (Å²) in [6.45, 7) is 15.2. The van der Waals surface area contributed by atoms with E-state index in [1.807, 2.05) is 80.6 Å². The van der Waals surface area contributed by atoms with Crippen LogP contribution in [0.4, 0.5) is 29.0 Å². The van der Waals surface area contributed by atoms with Crippen LogP contribution in [0.15, 0.2) is 83.5 Å². The number of rotatable bonds is 18. The summed E-state index contributed by atoms with van der Waals surface area (Å²) in [6, 6.07) is 18.9. The Hall–Kier alpha value is -6.75. The highest BCUT2D eigenvalue weighted by molar-refractivity contribution is 7.92. The first kappa shape index (κ1) is 55.5. The number of β-amino-alcohol motifs (C(OH)–C–C–N with tert-alkyl or cyclic N) is 1. The van der Waals surface area contributed by atoms with Crippen molar-refractivity contribution in [1.82, 2.24) is 45.3 Å². The van der Waals surface area contributed by atoms with Crippen LogP contribution in [0.3, 0.4) is 0 Å². The molecule has 0 saturated carbocycles. The number of methoxy groups -OCH3 is 1. The van der Waals surface area contributed by atoms with Gasteiger partial charge in [-0.05, 0) is 74.4 Å². The molecule has 0 radical (unpaired) electrons. The van der Waals surface area contributed by atoms with Crippen LogP contribution in [0.2, 0.25) is 0 Å². The fourth-order valence-electron chi connectivity index (χ4n) is 9.93. The number of para-hydroxylation sites is 1. The van der Waals surface area contributed by atoms with Crippen molar-refractivity contribution in [2.75, 3.05) is 68.5 Å². The number of nitrogens with zero attached hydrogens (tertiary/aromatic N) is 8. The Bertz CT molecular complexity index is 2970. The molecule has 5 N–H and O–H groups in total. The van der Waals surface area contributed by atoms with E-state index in [0.717, 1.165) is 66.4 Å². The van der Waals surface area contributed by atoms with E-state index in [0.29, 0.717) is 36.3 Å². The standard InChI is InChI=1S/C54H70N12O8S2/c1-34(2)76(72,73)45-11-9-8-10-42(45)60-53-57-32-56-52(62-53)59-41-17-16-39(28-44(41)74-7)63-22-20-38(21-23-63)64-24-26-65(27-25-64)47(69)19-18-46(68)61-49(54(4,5)6)51(71)66-31-40(67)29-43(66)50(70)55-30-36-12-14-37(15-13-36)48-35(3)58-33-75-48/h8-17,28,32-34,38,40,43,49,67H,18-27,29-31H2,1-7H3,(H,55,70)(H,61,68)(H2,56,57,59,60,62)/t40-,43+,49-/m1/s1. The summed E-state index contributed by atoms with van der Waals surface area (Å²) in [5, 5.41) is 22.1. The average Bonchev–Trinajstić information content (AvgIpc) is 4.04. The molecule has 3 aliphatic rings. The molecule has 76 heavy (non-hydrogen) atoms. The van der Waals surface area contributed by atoms with Crippen LogP contribution in [0.5, 0.6) is 5.75 Å². The fourth-order valence-corrected chi connectivity index (χ4v) is 11.9. The second-order valence-electron chi connectivity index (χ2n) is 20.9. The number of benzene rings is 3. The highest BCUT2D eigenvalue weighted by Gasteiger charge is 2.44. The van der Waals surface area contributed by atoms with Gasteiger partial charge in [0, 0.05) is 89.4 Å². The number of aliphatic hydroxyl groups excluding tert-OH is 1. The van der Waals surface area contributed by atoms with E-state index in [1.165, 1.54) is 11.2 Å². The van der Waals surface area contributed by atoms with Gasteiger partial charge in [-0.3, -0.25) is 24.1 Å². The Morgan fingerprint density at radius 1 is 0.868 bits per heavy atom. The van der Waals surface area contributed by atoms with Gasteiger partial charge >= 0.3 is 0 Å². The lowest BCUT2D eigenvalue weighted by Gasteiger charge is -2.43. The molecule has 3 fully saturated rings. The summed E-state index contributed by atoms with van der Waals surface area (Å²) in [7, 11) is -1.96. The summed E-state index contributed by atoms with van der Waals surface area (Å²) in [5.74, 6) is -0.363. The summed E-state index contributed by atoms with van der Waals surface area (Å²) >= 11 is 1.57. The van der Waals surface area contributed by atoms with Crippen LogP contribution in [-0.2, 0) is 35.6 Å². The Labute approximate surface area is 449 Å². The Balaban J connectivity index is 0.773. The third kappa shape index (κ3) is 13.3. The van der Waals surface area contributed by atoms with E-state index in [4.69, 9.17) is 4.74 Å². The van der Waals surface area contributed by atoms with Crippen molar-refractivity contribution in [1.29, 1.82) is 0 Å². The summed E-state index contributed by atoms with van der Waals surface area (Å²) in [6.07, 6.45) is 2.33. The lowest BCUT2D eigenvalue weighted by atomic mass is 9.85. The van der Waals surface area contributed by atoms with E-state index < -0.39 is 50.5 Å². The lowest BCUT2D eigenvalue weighted by molar-refractivity contribution is -0.144. The molecular weight excluding hydrogens is 1010 g/mol. The minimum absolute atomic E-state index is 0.000969. The number of nitrogens with one attached hydrogen (secondary N) is 4. The van der Waals surface area contributed by atoms with Gasteiger partial charge in [-0.25, -0.2) is 23.4 Å². The first-order valence-electron chi connectivity index (χ1n) is 25.8. The molecule has 22 heteroatoms. The molecule has 8 rings (SSSR count). The van der Waals surface area contributed by atoms with Gasteiger partial charge in [0.25, 0.3) is 0 Å². The zero-order valence-electron chi connectivity index (χ0n) is 44.3. The number of carbonyl (C=O) groups is 4. The Kier molecular flexibility index (Phi) is 17.6. The summed E-state index contributed by atoms with van der Waals surface area (Å²) < 4.78 is 31.8. The number of amides is 4. The van der Waals surface area contributed by atoms with E-state index in [9.17, 15) is 32.7 Å². The molecule has 4 amide bonds. The number of ether oxygens (including phenoxy) is 1. The van der Waals surface area contributed by atoms with Crippen molar-refractivity contribution in [3.63, 3.8) is 0 Å². The number of aromatic nitrogens is 4. The summed E-state index contributed by atoms with van der Waals surface area (Å²) in [4.78, 5) is 81.1. The van der Waals surface area contributed by atoms with Gasteiger partial charge in [-0.1, -0.05) is 57.2 Å². The molecule has 0 unspecified atom stereocenters. The SMILES string of the molecule is COc1cc(N2CCC(N3CCN(C(=O)CCC(=O)N[C@H](C(=O)N4C[C@H](O)C[C@H]4C(=O)NCc4ccc(-c5scnc5C)cc4)C(C)(C)C)CC3)CC2)ccc1Nc1ncnc(Nc2ccccc2S(=O)(=O)C(C)C)n1. The van der Waals surface area contributed by atoms with Gasteiger partial charge in [0.1, 0.15) is 24.2 Å². The van der Waals surface area contributed by atoms with Crippen LogP contribution in [0, 0.1) is 12.3 Å². The average molecular weight is 1080 g/mol. The van der Waals surface area contributed by atoms with Gasteiger partial charge in [0.05, 0.1) is 50.8 Å². The van der Waals surface area contributed by atoms with Crippen molar-refractivity contribution in [3.8, 4) is 16.2 Å². The van der Waals surface area contributed by atoms with Crippen LogP contribution in [0.25, 0.3) is 10.4 Å². The molecule has 3 aromatic carbocycles. The van der Waals surface area contributed by atoms with Crippen molar-refractivity contribution in [2.45, 2.75) is 115 Å². The number of thiazole rings is 1. The smallest absolute Gasteiger partial charge is 0.246 e. The Morgan fingerprint density at radius 3 is 2.20 bits per heavy atom. The molecule has 2 aromatic heterocycles. The van der Waals surface area contributed by atoms with E-state index in [2.05, 4.69) is 51.0 Å². The number of carbonyl (C=O) groups excluding carboxylic acids is 4. The normalized spacial score (nSPS) is 18.1. The fraction of sp³-hybridized carbons (Fsp3) is 0.481. The largest absolute Gasteiger partial charge is 0.494 e. The van der Waals surface area contributed by atoms with Crippen molar-refractivity contribution >= 4 is 73.8 Å². The molecule has 5 aromatic rings. The third-order valence-corrected chi connectivity index (χ3v) is 17.5. The van der Waals surface area contributed by atoms with E-state index in [-0.39, 0.29) is 61.0 Å². The van der Waals surface area contributed by atoms with Gasteiger partial charge in [-0.2, -0.15) is 4.98 Å². The van der Waals surface area contributed by atoms with Gasteiger partial charge < -0.3 is 45.8 Å². The Morgan fingerprint density at radius 2 is 1.55 bits per heavy atom. The van der Waals surface area contributed by atoms with Crippen LogP contribution >= 0.6 is 11.3 Å². The number of piperidine rings is 1. The number of likely N-dealkylation sites (tertiary alicyclic amines) is 1.